The Hall–Kier alpha value is -2.29. The maximum atomic E-state index is 12.7. The van der Waals surface area contributed by atoms with Crippen molar-refractivity contribution in [3.05, 3.63) is 58.9 Å². The van der Waals surface area contributed by atoms with Crippen LogP contribution < -0.4 is 5.48 Å². The van der Waals surface area contributed by atoms with E-state index in [4.69, 9.17) is 5.21 Å². The largest absolute Gasteiger partial charge is 0.293 e. The summed E-state index contributed by atoms with van der Waals surface area (Å²) in [7, 11) is -3.57. The zero-order valence-electron chi connectivity index (χ0n) is 13.1. The lowest BCUT2D eigenvalue weighted by Gasteiger charge is -2.27. The average molecular weight is 347 g/mol. The number of carbonyl (C=O) groups excluding carboxylic acids is 1. The molecule has 8 heteroatoms. The van der Waals surface area contributed by atoms with Crippen LogP contribution in [0.3, 0.4) is 0 Å². The fourth-order valence-corrected chi connectivity index (χ4v) is 4.06. The van der Waals surface area contributed by atoms with E-state index >= 15 is 0 Å². The summed E-state index contributed by atoms with van der Waals surface area (Å²) in [5.74, 6) is -0.687. The van der Waals surface area contributed by atoms with Crippen molar-refractivity contribution in [3.8, 4) is 0 Å². The lowest BCUT2D eigenvalue weighted by molar-refractivity contribution is 0.0700. The van der Waals surface area contributed by atoms with Crippen LogP contribution in [-0.4, -0.2) is 35.4 Å². The van der Waals surface area contributed by atoms with Crippen molar-refractivity contribution in [1.82, 2.24) is 14.8 Å². The number of hydrogen-bond donors (Lipinski definition) is 2. The molecule has 1 aliphatic rings. The Labute approximate surface area is 140 Å². The van der Waals surface area contributed by atoms with E-state index in [1.807, 2.05) is 6.92 Å². The van der Waals surface area contributed by atoms with Crippen molar-refractivity contribution in [3.63, 3.8) is 0 Å². The molecule has 0 radical (unpaired) electrons. The predicted octanol–water partition coefficient (Wildman–Crippen LogP) is 1.26. The third-order valence-corrected chi connectivity index (χ3v) is 5.87. The van der Waals surface area contributed by atoms with E-state index in [2.05, 4.69) is 4.98 Å². The fraction of sp³-hybridized carbons (Fsp3) is 0.250. The second-order valence-electron chi connectivity index (χ2n) is 5.64. The third kappa shape index (κ3) is 3.03. The summed E-state index contributed by atoms with van der Waals surface area (Å²) in [5, 5.41) is 8.66. The first-order valence-electron chi connectivity index (χ1n) is 7.42. The van der Waals surface area contributed by atoms with Crippen molar-refractivity contribution in [2.24, 2.45) is 0 Å². The Morgan fingerprint density at radius 1 is 1.21 bits per heavy atom. The number of fused-ring (bicyclic) bond motifs is 1. The number of sulfonamides is 1. The molecule has 0 unspecified atom stereocenters. The highest BCUT2D eigenvalue weighted by atomic mass is 32.2. The van der Waals surface area contributed by atoms with Crippen LogP contribution in [0.25, 0.3) is 0 Å². The molecule has 1 aromatic carbocycles. The van der Waals surface area contributed by atoms with E-state index in [0.29, 0.717) is 18.7 Å². The number of aromatic nitrogens is 1. The van der Waals surface area contributed by atoms with Crippen molar-refractivity contribution >= 4 is 15.9 Å². The van der Waals surface area contributed by atoms with E-state index in [1.54, 1.807) is 30.3 Å². The van der Waals surface area contributed by atoms with Crippen LogP contribution in [0, 0.1) is 6.92 Å². The molecule has 0 saturated heterocycles. The quantitative estimate of drug-likeness (QED) is 0.643. The van der Waals surface area contributed by atoms with Gasteiger partial charge in [-0.3, -0.25) is 10.0 Å². The predicted molar refractivity (Wildman–Crippen MR) is 86.0 cm³/mol. The summed E-state index contributed by atoms with van der Waals surface area (Å²) in [5.41, 5.74) is 4.07. The monoisotopic (exact) mass is 347 g/mol. The number of amides is 1. The van der Waals surface area contributed by atoms with Gasteiger partial charge in [0.2, 0.25) is 10.0 Å². The molecule has 24 heavy (non-hydrogen) atoms. The molecule has 2 N–H and O–H groups in total. The number of rotatable bonds is 3. The number of hydrogen-bond acceptors (Lipinski definition) is 5. The van der Waals surface area contributed by atoms with E-state index in [1.165, 1.54) is 15.9 Å². The summed E-state index contributed by atoms with van der Waals surface area (Å²) in [6.45, 7) is 2.40. The third-order valence-electron chi connectivity index (χ3n) is 4.01. The van der Waals surface area contributed by atoms with E-state index < -0.39 is 15.9 Å². The van der Waals surface area contributed by atoms with E-state index in [9.17, 15) is 13.2 Å². The van der Waals surface area contributed by atoms with Crippen LogP contribution in [0.15, 0.2) is 41.3 Å². The van der Waals surface area contributed by atoms with E-state index in [-0.39, 0.29) is 17.1 Å². The minimum absolute atomic E-state index is 0.103. The summed E-state index contributed by atoms with van der Waals surface area (Å²) < 4.78 is 26.9. The lowest BCUT2D eigenvalue weighted by atomic mass is 10.1. The van der Waals surface area contributed by atoms with Crippen LogP contribution in [0.1, 0.15) is 27.3 Å². The number of nitrogens with one attached hydrogen (secondary N) is 1. The van der Waals surface area contributed by atoms with Gasteiger partial charge in [-0.25, -0.2) is 18.9 Å². The highest BCUT2D eigenvalue weighted by molar-refractivity contribution is 7.89. The van der Waals surface area contributed by atoms with Gasteiger partial charge in [0.05, 0.1) is 4.90 Å². The number of benzene rings is 1. The second-order valence-corrected chi connectivity index (χ2v) is 7.58. The maximum absolute atomic E-state index is 12.7. The number of nitrogens with zero attached hydrogens (tertiary/aromatic N) is 2. The van der Waals surface area contributed by atoms with Crippen LogP contribution in [0.5, 0.6) is 0 Å². The van der Waals surface area contributed by atoms with Gasteiger partial charge < -0.3 is 0 Å². The average Bonchev–Trinajstić information content (AvgIpc) is 2.60. The molecule has 2 aromatic rings. The van der Waals surface area contributed by atoms with Gasteiger partial charge in [-0.1, -0.05) is 23.8 Å². The van der Waals surface area contributed by atoms with Crippen molar-refractivity contribution in [2.75, 3.05) is 6.54 Å². The molecule has 126 valence electrons. The van der Waals surface area contributed by atoms with Gasteiger partial charge in [-0.2, -0.15) is 4.31 Å². The molecule has 0 saturated carbocycles. The Morgan fingerprint density at radius 3 is 2.58 bits per heavy atom. The summed E-state index contributed by atoms with van der Waals surface area (Å²) in [4.78, 5) is 15.9. The van der Waals surface area contributed by atoms with Gasteiger partial charge >= 0.3 is 0 Å². The molecule has 0 fully saturated rings. The molecule has 1 aliphatic heterocycles. The fourth-order valence-electron chi connectivity index (χ4n) is 2.64. The Bertz CT molecular complexity index is 879. The number of aryl methyl sites for hydroxylation is 1. The summed E-state index contributed by atoms with van der Waals surface area (Å²) >= 11 is 0. The van der Waals surface area contributed by atoms with Crippen LogP contribution in [-0.2, 0) is 23.0 Å². The molecule has 0 spiro atoms. The maximum Gasteiger partial charge on any atom is 0.293 e. The van der Waals surface area contributed by atoms with E-state index in [0.717, 1.165) is 11.1 Å². The van der Waals surface area contributed by atoms with Gasteiger partial charge in [0.1, 0.15) is 5.69 Å². The second kappa shape index (κ2) is 6.31. The Balaban J connectivity index is 1.87. The molecular formula is C16H17N3O4S. The molecule has 1 aromatic heterocycles. The molecule has 0 atom stereocenters. The molecule has 3 rings (SSSR count). The first-order chi connectivity index (χ1) is 11.4. The summed E-state index contributed by atoms with van der Waals surface area (Å²) in [6.07, 6.45) is 0.410. The molecule has 0 bridgehead atoms. The van der Waals surface area contributed by atoms with Gasteiger partial charge in [0.25, 0.3) is 5.91 Å². The number of hydroxylamine groups is 1. The molecule has 2 heterocycles. The van der Waals surface area contributed by atoms with Crippen LogP contribution >= 0.6 is 0 Å². The molecule has 0 aliphatic carbocycles. The first kappa shape index (κ1) is 16.6. The molecule has 1 amide bonds. The van der Waals surface area contributed by atoms with Gasteiger partial charge in [-0.15, -0.1) is 0 Å². The zero-order chi connectivity index (χ0) is 17.3. The standard InChI is InChI=1S/C16H17N3O4S/c1-11-2-5-13(6-3-11)24(22,23)19-9-8-14-12(10-19)4-7-15(17-14)16(20)18-21/h2-7,21H,8-10H2,1H3,(H,18,20). The smallest absolute Gasteiger partial charge is 0.288 e. The normalized spacial score (nSPS) is 14.9. The van der Waals surface area contributed by atoms with Crippen LogP contribution in [0.4, 0.5) is 0 Å². The number of pyridine rings is 1. The van der Waals surface area contributed by atoms with Crippen molar-refractivity contribution < 1.29 is 18.4 Å². The van der Waals surface area contributed by atoms with Gasteiger partial charge in [0.15, 0.2) is 0 Å². The Morgan fingerprint density at radius 2 is 1.92 bits per heavy atom. The van der Waals surface area contributed by atoms with Crippen molar-refractivity contribution in [2.45, 2.75) is 24.8 Å². The number of carbonyl (C=O) groups is 1. The van der Waals surface area contributed by atoms with Crippen LogP contribution in [0.2, 0.25) is 0 Å². The zero-order valence-corrected chi connectivity index (χ0v) is 13.9. The van der Waals surface area contributed by atoms with Gasteiger partial charge in [-0.05, 0) is 30.7 Å². The minimum Gasteiger partial charge on any atom is -0.288 e. The topological polar surface area (TPSA) is 99.6 Å². The van der Waals surface area contributed by atoms with Gasteiger partial charge in [0, 0.05) is 25.2 Å². The van der Waals surface area contributed by atoms with Crippen molar-refractivity contribution in [1.29, 1.82) is 0 Å². The summed E-state index contributed by atoms with van der Waals surface area (Å²) in [6, 6.07) is 9.88. The highest BCUT2D eigenvalue weighted by Gasteiger charge is 2.29. The molecule has 7 nitrogen and oxygen atoms in total. The SMILES string of the molecule is Cc1ccc(S(=O)(=O)N2CCc3nc(C(=O)NO)ccc3C2)cc1. The minimum atomic E-state index is -3.57. The highest BCUT2D eigenvalue weighted by Crippen LogP contribution is 2.24. The first-order valence-corrected chi connectivity index (χ1v) is 8.86. The Kier molecular flexibility index (Phi) is 4.35. The molecular weight excluding hydrogens is 330 g/mol. The lowest BCUT2D eigenvalue weighted by Crippen LogP contribution is -2.36.